The summed E-state index contributed by atoms with van der Waals surface area (Å²) in [6.45, 7) is 5.36. The molecule has 2 unspecified atom stereocenters. The molecule has 0 aliphatic rings. The lowest BCUT2D eigenvalue weighted by molar-refractivity contribution is 0.141. The van der Waals surface area contributed by atoms with E-state index < -0.39 is 0 Å². The minimum atomic E-state index is -0.0971. The second kappa shape index (κ2) is 11.6. The molecule has 176 valence electrons. The van der Waals surface area contributed by atoms with Crippen molar-refractivity contribution in [2.24, 2.45) is 0 Å². The standard InChI is InChI=1S/C28H35NO4/c1-20(3-5-22-7-12-25(30)13-8-22)29(18-17-24-11-16-27(32)28(33)19-24)21(2)4-6-23-9-14-26(31)15-10-23/h7-16,19-21,30-33H,3-6,17-18H2,1-2H3. The van der Waals surface area contributed by atoms with Crippen LogP contribution in [0.15, 0.2) is 66.7 Å². The van der Waals surface area contributed by atoms with Crippen LogP contribution in [0.2, 0.25) is 0 Å². The van der Waals surface area contributed by atoms with Gasteiger partial charge in [0.15, 0.2) is 11.5 Å². The van der Waals surface area contributed by atoms with Crippen molar-refractivity contribution < 1.29 is 20.4 Å². The summed E-state index contributed by atoms with van der Waals surface area (Å²) in [6, 6.07) is 20.5. The van der Waals surface area contributed by atoms with E-state index in [1.165, 1.54) is 17.2 Å². The molecule has 5 heteroatoms. The van der Waals surface area contributed by atoms with Crippen LogP contribution in [0.5, 0.6) is 23.0 Å². The third kappa shape index (κ3) is 7.43. The maximum absolute atomic E-state index is 9.84. The van der Waals surface area contributed by atoms with Gasteiger partial charge in [0.25, 0.3) is 0 Å². The summed E-state index contributed by atoms with van der Waals surface area (Å²) in [5, 5.41) is 38.5. The highest BCUT2D eigenvalue weighted by Crippen LogP contribution is 2.26. The predicted molar refractivity (Wildman–Crippen MR) is 132 cm³/mol. The molecule has 4 N–H and O–H groups in total. The van der Waals surface area contributed by atoms with Gasteiger partial charge in [0.05, 0.1) is 0 Å². The van der Waals surface area contributed by atoms with Gasteiger partial charge in [-0.3, -0.25) is 4.90 Å². The fraction of sp³-hybridized carbons (Fsp3) is 0.357. The molecule has 0 aromatic heterocycles. The van der Waals surface area contributed by atoms with Gasteiger partial charge in [0.1, 0.15) is 11.5 Å². The molecule has 2 atom stereocenters. The molecule has 0 saturated heterocycles. The van der Waals surface area contributed by atoms with Gasteiger partial charge < -0.3 is 20.4 Å². The fourth-order valence-corrected chi connectivity index (χ4v) is 4.27. The van der Waals surface area contributed by atoms with Gasteiger partial charge in [0, 0.05) is 18.6 Å². The predicted octanol–water partition coefficient (Wildman–Crippen LogP) is 5.40. The molecule has 0 aliphatic carbocycles. The number of phenolic OH excluding ortho intramolecular Hbond substituents is 4. The summed E-state index contributed by atoms with van der Waals surface area (Å²) >= 11 is 0. The van der Waals surface area contributed by atoms with E-state index in [1.807, 2.05) is 30.3 Å². The van der Waals surface area contributed by atoms with Crippen molar-refractivity contribution in [1.29, 1.82) is 0 Å². The van der Waals surface area contributed by atoms with Crippen molar-refractivity contribution in [2.75, 3.05) is 6.54 Å². The Bertz CT molecular complexity index is 946. The summed E-state index contributed by atoms with van der Waals surface area (Å²) in [5.74, 6) is 0.391. The molecule has 3 aromatic carbocycles. The summed E-state index contributed by atoms with van der Waals surface area (Å²) in [6.07, 6.45) is 4.64. The Morgan fingerprint density at radius 1 is 0.576 bits per heavy atom. The van der Waals surface area contributed by atoms with Crippen LogP contribution in [-0.2, 0) is 19.3 Å². The van der Waals surface area contributed by atoms with Crippen LogP contribution in [0.25, 0.3) is 0 Å². The maximum Gasteiger partial charge on any atom is 0.157 e. The Kier molecular flexibility index (Phi) is 8.61. The van der Waals surface area contributed by atoms with Crippen molar-refractivity contribution >= 4 is 0 Å². The zero-order chi connectivity index (χ0) is 23.8. The lowest BCUT2D eigenvalue weighted by Gasteiger charge is -2.35. The molecule has 3 aromatic rings. The Morgan fingerprint density at radius 3 is 1.48 bits per heavy atom. The molecule has 0 saturated carbocycles. The Hall–Kier alpha value is -3.18. The molecule has 0 heterocycles. The number of nitrogens with zero attached hydrogens (tertiary/aromatic N) is 1. The average Bonchev–Trinajstić information content (AvgIpc) is 2.80. The highest BCUT2D eigenvalue weighted by atomic mass is 16.3. The van der Waals surface area contributed by atoms with Crippen LogP contribution < -0.4 is 0 Å². The second-order valence-electron chi connectivity index (χ2n) is 8.92. The number of rotatable bonds is 11. The molecular formula is C28H35NO4. The van der Waals surface area contributed by atoms with Crippen LogP contribution in [0.4, 0.5) is 0 Å². The lowest BCUT2D eigenvalue weighted by Crippen LogP contribution is -2.42. The van der Waals surface area contributed by atoms with Crippen LogP contribution >= 0.6 is 0 Å². The Morgan fingerprint density at radius 2 is 1.03 bits per heavy atom. The van der Waals surface area contributed by atoms with Gasteiger partial charge in [0.2, 0.25) is 0 Å². The summed E-state index contributed by atoms with van der Waals surface area (Å²) < 4.78 is 0. The largest absolute Gasteiger partial charge is 0.508 e. The third-order valence-electron chi connectivity index (χ3n) is 6.41. The van der Waals surface area contributed by atoms with E-state index in [-0.39, 0.29) is 23.0 Å². The van der Waals surface area contributed by atoms with Crippen molar-refractivity contribution in [3.8, 4) is 23.0 Å². The average molecular weight is 450 g/mol. The van der Waals surface area contributed by atoms with E-state index in [0.717, 1.165) is 44.2 Å². The first-order valence-electron chi connectivity index (χ1n) is 11.6. The van der Waals surface area contributed by atoms with Crippen LogP contribution in [-0.4, -0.2) is 44.0 Å². The topological polar surface area (TPSA) is 84.2 Å². The van der Waals surface area contributed by atoms with E-state index in [2.05, 4.69) is 18.7 Å². The molecule has 3 rings (SSSR count). The highest BCUT2D eigenvalue weighted by molar-refractivity contribution is 5.40. The quantitative estimate of drug-likeness (QED) is 0.295. The monoisotopic (exact) mass is 449 g/mol. The summed E-state index contributed by atoms with van der Waals surface area (Å²) in [4.78, 5) is 2.52. The molecule has 0 aliphatic heterocycles. The van der Waals surface area contributed by atoms with Crippen molar-refractivity contribution in [3.63, 3.8) is 0 Å². The van der Waals surface area contributed by atoms with Crippen LogP contribution in [0.1, 0.15) is 43.4 Å². The van der Waals surface area contributed by atoms with Crippen molar-refractivity contribution in [3.05, 3.63) is 83.4 Å². The van der Waals surface area contributed by atoms with Gasteiger partial charge in [-0.2, -0.15) is 0 Å². The van der Waals surface area contributed by atoms with Gasteiger partial charge in [-0.05, 0) is 99.0 Å². The maximum atomic E-state index is 9.84. The minimum Gasteiger partial charge on any atom is -0.508 e. The number of aromatic hydroxyl groups is 4. The first kappa shape index (κ1) is 24.5. The number of hydrogen-bond donors (Lipinski definition) is 4. The van der Waals surface area contributed by atoms with Crippen LogP contribution in [0, 0.1) is 0 Å². The smallest absolute Gasteiger partial charge is 0.157 e. The molecule has 0 bridgehead atoms. The summed E-state index contributed by atoms with van der Waals surface area (Å²) in [7, 11) is 0. The number of benzene rings is 3. The Balaban J connectivity index is 1.65. The zero-order valence-corrected chi connectivity index (χ0v) is 19.5. The van der Waals surface area contributed by atoms with Crippen LogP contribution in [0.3, 0.4) is 0 Å². The van der Waals surface area contributed by atoms with E-state index in [1.54, 1.807) is 30.3 Å². The second-order valence-corrected chi connectivity index (χ2v) is 8.92. The van der Waals surface area contributed by atoms with E-state index in [9.17, 15) is 20.4 Å². The first-order valence-corrected chi connectivity index (χ1v) is 11.6. The van der Waals surface area contributed by atoms with Gasteiger partial charge in [-0.1, -0.05) is 30.3 Å². The molecule has 0 fully saturated rings. The third-order valence-corrected chi connectivity index (χ3v) is 6.41. The lowest BCUT2D eigenvalue weighted by atomic mass is 9.99. The van der Waals surface area contributed by atoms with E-state index in [4.69, 9.17) is 0 Å². The van der Waals surface area contributed by atoms with E-state index >= 15 is 0 Å². The fourth-order valence-electron chi connectivity index (χ4n) is 4.27. The molecule has 0 spiro atoms. The first-order chi connectivity index (χ1) is 15.8. The number of phenols is 4. The number of hydrogen-bond acceptors (Lipinski definition) is 5. The minimum absolute atomic E-state index is 0.0835. The van der Waals surface area contributed by atoms with Gasteiger partial charge in [-0.25, -0.2) is 0 Å². The van der Waals surface area contributed by atoms with Crippen molar-refractivity contribution in [1.82, 2.24) is 4.90 Å². The molecule has 0 amide bonds. The SMILES string of the molecule is CC(CCc1ccc(O)cc1)N(CCc1ccc(O)c(O)c1)C(C)CCc1ccc(O)cc1. The van der Waals surface area contributed by atoms with Gasteiger partial charge in [-0.15, -0.1) is 0 Å². The summed E-state index contributed by atoms with van der Waals surface area (Å²) in [5.41, 5.74) is 3.41. The Labute approximate surface area is 196 Å². The molecule has 33 heavy (non-hydrogen) atoms. The molecule has 5 nitrogen and oxygen atoms in total. The normalized spacial score (nSPS) is 13.2. The van der Waals surface area contributed by atoms with Gasteiger partial charge >= 0.3 is 0 Å². The molecule has 0 radical (unpaired) electrons. The van der Waals surface area contributed by atoms with E-state index in [0.29, 0.717) is 12.1 Å². The zero-order valence-electron chi connectivity index (χ0n) is 19.5. The number of aryl methyl sites for hydroxylation is 2. The van der Waals surface area contributed by atoms with Crippen molar-refractivity contribution in [2.45, 2.75) is 58.0 Å². The molecular weight excluding hydrogens is 414 g/mol. The highest BCUT2D eigenvalue weighted by Gasteiger charge is 2.20.